The number of hydrogen-bond donors (Lipinski definition) is 1. The highest BCUT2D eigenvalue weighted by Crippen LogP contribution is 2.33. The van der Waals surface area contributed by atoms with E-state index in [-0.39, 0.29) is 16.7 Å². The second-order valence-corrected chi connectivity index (χ2v) is 9.80. The maximum atomic E-state index is 13.1. The summed E-state index contributed by atoms with van der Waals surface area (Å²) in [5.74, 6) is 1.45. The maximum Gasteiger partial charge on any atom is 0.243 e. The Morgan fingerprint density at radius 2 is 1.81 bits per heavy atom. The van der Waals surface area contributed by atoms with E-state index < -0.39 is 10.0 Å². The van der Waals surface area contributed by atoms with E-state index in [2.05, 4.69) is 5.32 Å². The normalized spacial score (nSPS) is 17.4. The van der Waals surface area contributed by atoms with Crippen molar-refractivity contribution < 1.29 is 27.4 Å². The van der Waals surface area contributed by atoms with Gasteiger partial charge in [0.1, 0.15) is 5.75 Å². The third-order valence-electron chi connectivity index (χ3n) is 5.83. The quantitative estimate of drug-likeness (QED) is 0.712. The first-order valence-electron chi connectivity index (χ1n) is 10.8. The monoisotopic (exact) mass is 460 g/mol. The molecule has 0 bridgehead atoms. The fourth-order valence-corrected chi connectivity index (χ4v) is 5.47. The zero-order valence-electron chi connectivity index (χ0n) is 18.1. The number of amides is 1. The largest absolute Gasteiger partial charge is 0.496 e. The first-order chi connectivity index (χ1) is 15.5. The number of rotatable bonds is 6. The molecule has 0 unspecified atom stereocenters. The Morgan fingerprint density at radius 3 is 2.56 bits per heavy atom. The van der Waals surface area contributed by atoms with Gasteiger partial charge in [-0.15, -0.1) is 0 Å². The predicted molar refractivity (Wildman–Crippen MR) is 118 cm³/mol. The zero-order valence-corrected chi connectivity index (χ0v) is 18.9. The van der Waals surface area contributed by atoms with Crippen LogP contribution >= 0.6 is 0 Å². The van der Waals surface area contributed by atoms with Crippen LogP contribution in [0.3, 0.4) is 0 Å². The molecule has 1 amide bonds. The van der Waals surface area contributed by atoms with Gasteiger partial charge < -0.3 is 19.5 Å². The Bertz CT molecular complexity index is 1060. The lowest BCUT2D eigenvalue weighted by molar-refractivity contribution is -0.126. The van der Waals surface area contributed by atoms with Crippen LogP contribution in [0.4, 0.5) is 0 Å². The van der Waals surface area contributed by atoms with Crippen molar-refractivity contribution in [2.75, 3.05) is 33.4 Å². The van der Waals surface area contributed by atoms with Crippen molar-refractivity contribution in [1.29, 1.82) is 0 Å². The number of carbonyl (C=O) groups excluding carboxylic acids is 1. The maximum absolute atomic E-state index is 13.1. The molecule has 0 saturated carbocycles. The molecule has 0 radical (unpaired) electrons. The fourth-order valence-electron chi connectivity index (χ4n) is 3.99. The molecular weight excluding hydrogens is 432 g/mol. The van der Waals surface area contributed by atoms with Gasteiger partial charge in [0, 0.05) is 43.6 Å². The number of para-hydroxylation sites is 1. The topological polar surface area (TPSA) is 94.2 Å². The number of ether oxygens (including phenoxy) is 3. The van der Waals surface area contributed by atoms with E-state index >= 15 is 0 Å². The molecule has 8 nitrogen and oxygen atoms in total. The lowest BCUT2D eigenvalue weighted by Crippen LogP contribution is -2.42. The van der Waals surface area contributed by atoms with Crippen LogP contribution in [0.25, 0.3) is 0 Å². The van der Waals surface area contributed by atoms with Crippen molar-refractivity contribution in [3.8, 4) is 17.2 Å². The molecule has 1 fully saturated rings. The first-order valence-corrected chi connectivity index (χ1v) is 12.2. The van der Waals surface area contributed by atoms with Crippen LogP contribution < -0.4 is 19.5 Å². The van der Waals surface area contributed by atoms with Crippen molar-refractivity contribution in [2.24, 2.45) is 5.92 Å². The molecule has 0 spiro atoms. The van der Waals surface area contributed by atoms with Gasteiger partial charge in [-0.2, -0.15) is 4.31 Å². The fraction of sp³-hybridized carbons (Fsp3) is 0.435. The van der Waals surface area contributed by atoms with Crippen LogP contribution in [0, 0.1) is 5.92 Å². The van der Waals surface area contributed by atoms with Gasteiger partial charge in [-0.3, -0.25) is 4.79 Å². The summed E-state index contributed by atoms with van der Waals surface area (Å²) >= 11 is 0. The molecule has 2 aromatic carbocycles. The summed E-state index contributed by atoms with van der Waals surface area (Å²) < 4.78 is 44.2. The number of nitrogens with one attached hydrogen (secondary N) is 1. The van der Waals surface area contributed by atoms with Gasteiger partial charge in [0.05, 0.1) is 25.2 Å². The van der Waals surface area contributed by atoms with Gasteiger partial charge in [-0.1, -0.05) is 18.2 Å². The van der Waals surface area contributed by atoms with Crippen LogP contribution in [0.1, 0.15) is 24.8 Å². The van der Waals surface area contributed by atoms with Crippen molar-refractivity contribution >= 4 is 15.9 Å². The van der Waals surface area contributed by atoms with E-state index in [1.807, 2.05) is 24.3 Å². The number of hydrogen-bond acceptors (Lipinski definition) is 6. The minimum Gasteiger partial charge on any atom is -0.496 e. The van der Waals surface area contributed by atoms with Crippen molar-refractivity contribution in [3.63, 3.8) is 0 Å². The number of methoxy groups -OCH3 is 1. The predicted octanol–water partition coefficient (Wildman–Crippen LogP) is 2.57. The Morgan fingerprint density at radius 1 is 1.09 bits per heavy atom. The number of piperidine rings is 1. The second-order valence-electron chi connectivity index (χ2n) is 7.87. The van der Waals surface area contributed by atoms with Gasteiger partial charge in [0.2, 0.25) is 15.9 Å². The Labute approximate surface area is 188 Å². The molecule has 9 heteroatoms. The minimum atomic E-state index is -3.67. The number of benzene rings is 2. The molecule has 2 heterocycles. The molecule has 172 valence electrons. The molecule has 2 aliphatic rings. The lowest BCUT2D eigenvalue weighted by atomic mass is 9.97. The van der Waals surface area contributed by atoms with Gasteiger partial charge >= 0.3 is 0 Å². The lowest BCUT2D eigenvalue weighted by Gasteiger charge is -2.30. The molecule has 0 aromatic heterocycles. The van der Waals surface area contributed by atoms with Crippen molar-refractivity contribution in [3.05, 3.63) is 48.0 Å². The van der Waals surface area contributed by atoms with Gasteiger partial charge in [0.25, 0.3) is 0 Å². The van der Waals surface area contributed by atoms with E-state index in [9.17, 15) is 13.2 Å². The third kappa shape index (κ3) is 4.83. The average Bonchev–Trinajstić information content (AvgIpc) is 3.07. The minimum absolute atomic E-state index is 0.0662. The molecule has 0 atom stereocenters. The summed E-state index contributed by atoms with van der Waals surface area (Å²) in [5, 5.41) is 2.95. The molecule has 2 aromatic rings. The van der Waals surface area contributed by atoms with Gasteiger partial charge in [0.15, 0.2) is 11.5 Å². The van der Waals surface area contributed by atoms with E-state index in [0.717, 1.165) is 17.7 Å². The van der Waals surface area contributed by atoms with Gasteiger partial charge in [-0.05, 0) is 31.0 Å². The molecule has 1 saturated heterocycles. The summed E-state index contributed by atoms with van der Waals surface area (Å²) in [6, 6.07) is 12.3. The molecule has 4 rings (SSSR count). The van der Waals surface area contributed by atoms with E-state index in [4.69, 9.17) is 14.2 Å². The molecule has 1 N–H and O–H groups in total. The van der Waals surface area contributed by atoms with Crippen LogP contribution in [-0.2, 0) is 21.4 Å². The summed E-state index contributed by atoms with van der Waals surface area (Å²) in [5.41, 5.74) is 0.901. The smallest absolute Gasteiger partial charge is 0.243 e. The van der Waals surface area contributed by atoms with E-state index in [1.54, 1.807) is 19.2 Å². The summed E-state index contributed by atoms with van der Waals surface area (Å²) in [6.45, 7) is 2.00. The SMILES string of the molecule is COc1ccccc1CNC(=O)C1CCN(S(=O)(=O)c2ccc3c(c2)OCCCO3)CC1. The van der Waals surface area contributed by atoms with E-state index in [0.29, 0.717) is 57.2 Å². The Balaban J connectivity index is 1.35. The second kappa shape index (κ2) is 9.79. The highest BCUT2D eigenvalue weighted by molar-refractivity contribution is 7.89. The number of nitrogens with zero attached hydrogens (tertiary/aromatic N) is 1. The van der Waals surface area contributed by atoms with Crippen LogP contribution in [0.5, 0.6) is 17.2 Å². The van der Waals surface area contributed by atoms with Crippen LogP contribution in [0.15, 0.2) is 47.4 Å². The molecule has 32 heavy (non-hydrogen) atoms. The first kappa shape index (κ1) is 22.4. The van der Waals surface area contributed by atoms with Crippen molar-refractivity contribution in [2.45, 2.75) is 30.7 Å². The van der Waals surface area contributed by atoms with Crippen molar-refractivity contribution in [1.82, 2.24) is 9.62 Å². The van der Waals surface area contributed by atoms with E-state index in [1.165, 1.54) is 10.4 Å². The number of fused-ring (bicyclic) bond motifs is 1. The summed E-state index contributed by atoms with van der Waals surface area (Å²) in [6.07, 6.45) is 1.70. The average molecular weight is 461 g/mol. The number of carbonyl (C=O) groups is 1. The summed E-state index contributed by atoms with van der Waals surface area (Å²) in [7, 11) is -2.07. The molecule has 0 aliphatic carbocycles. The third-order valence-corrected chi connectivity index (χ3v) is 7.72. The highest BCUT2D eigenvalue weighted by atomic mass is 32.2. The molecular formula is C23H28N2O6S. The Hall–Kier alpha value is -2.78. The Kier molecular flexibility index (Phi) is 6.86. The summed E-state index contributed by atoms with van der Waals surface area (Å²) in [4.78, 5) is 12.8. The standard InChI is InChI=1S/C23H28N2O6S/c1-29-20-6-3-2-5-18(20)16-24-23(26)17-9-11-25(12-10-17)32(27,28)19-7-8-21-22(15-19)31-14-4-13-30-21/h2-3,5-8,15,17H,4,9-14,16H2,1H3,(H,24,26). The highest BCUT2D eigenvalue weighted by Gasteiger charge is 2.32. The van der Waals surface area contributed by atoms with Crippen LogP contribution in [-0.4, -0.2) is 52.0 Å². The van der Waals surface area contributed by atoms with Gasteiger partial charge in [-0.25, -0.2) is 8.42 Å². The van der Waals surface area contributed by atoms with Crippen LogP contribution in [0.2, 0.25) is 0 Å². The zero-order chi connectivity index (χ0) is 22.6. The molecule has 2 aliphatic heterocycles. The number of sulfonamides is 1.